The fraction of sp³-hybridized carbons (Fsp3) is 0.455. The molecule has 2 rings (SSSR count). The monoisotopic (exact) mass is 244 g/mol. The van der Waals surface area contributed by atoms with Crippen molar-refractivity contribution < 1.29 is 0 Å². The molecule has 1 saturated heterocycles. The van der Waals surface area contributed by atoms with E-state index in [1.54, 1.807) is 6.07 Å². The van der Waals surface area contributed by atoms with Crippen LogP contribution in [0.2, 0.25) is 10.0 Å². The van der Waals surface area contributed by atoms with Crippen LogP contribution in [-0.4, -0.2) is 18.6 Å². The van der Waals surface area contributed by atoms with Crippen molar-refractivity contribution in [3.63, 3.8) is 0 Å². The third kappa shape index (κ3) is 2.39. The molecule has 1 aromatic rings. The lowest BCUT2D eigenvalue weighted by molar-refractivity contribution is 0.525. The van der Waals surface area contributed by atoms with Crippen LogP contribution in [0.25, 0.3) is 0 Å². The van der Waals surface area contributed by atoms with E-state index < -0.39 is 0 Å². The minimum absolute atomic E-state index is 0.108. The van der Waals surface area contributed by atoms with Gasteiger partial charge in [0.2, 0.25) is 0 Å². The van der Waals surface area contributed by atoms with Gasteiger partial charge in [-0.1, -0.05) is 23.2 Å². The standard InChI is InChI=1S/C11H14Cl2N2/c1-11(14)4-5-15(7-11)10-3-2-8(12)6-9(10)13/h2-3,6H,4-5,7,14H2,1H3. The Labute approximate surface area is 100.0 Å². The zero-order chi connectivity index (χ0) is 11.1. The van der Waals surface area contributed by atoms with Crippen molar-refractivity contribution in [3.8, 4) is 0 Å². The summed E-state index contributed by atoms with van der Waals surface area (Å²) in [6.07, 6.45) is 0.992. The minimum atomic E-state index is -0.108. The maximum atomic E-state index is 6.14. The van der Waals surface area contributed by atoms with Gasteiger partial charge in [0.25, 0.3) is 0 Å². The van der Waals surface area contributed by atoms with Gasteiger partial charge in [-0.15, -0.1) is 0 Å². The number of benzene rings is 1. The summed E-state index contributed by atoms with van der Waals surface area (Å²) in [6.45, 7) is 3.86. The van der Waals surface area contributed by atoms with Crippen molar-refractivity contribution in [2.45, 2.75) is 18.9 Å². The summed E-state index contributed by atoms with van der Waals surface area (Å²) in [4.78, 5) is 2.21. The molecule has 1 atom stereocenters. The van der Waals surface area contributed by atoms with Crippen LogP contribution >= 0.6 is 23.2 Å². The summed E-state index contributed by atoms with van der Waals surface area (Å²) in [5.41, 5.74) is 6.99. The molecule has 0 spiro atoms. The third-order valence-electron chi connectivity index (χ3n) is 2.76. The Balaban J connectivity index is 2.24. The fourth-order valence-corrected chi connectivity index (χ4v) is 2.46. The van der Waals surface area contributed by atoms with E-state index in [-0.39, 0.29) is 5.54 Å². The second kappa shape index (κ2) is 3.85. The fourth-order valence-electron chi connectivity index (χ4n) is 1.93. The predicted octanol–water partition coefficient (Wildman–Crippen LogP) is 2.92. The first-order chi connectivity index (χ1) is 6.98. The SMILES string of the molecule is CC1(N)CCN(c2ccc(Cl)cc2Cl)C1. The lowest BCUT2D eigenvalue weighted by Crippen LogP contribution is -2.39. The maximum Gasteiger partial charge on any atom is 0.0654 e. The highest BCUT2D eigenvalue weighted by atomic mass is 35.5. The first kappa shape index (κ1) is 11.1. The van der Waals surface area contributed by atoms with Crippen molar-refractivity contribution in [2.75, 3.05) is 18.0 Å². The smallest absolute Gasteiger partial charge is 0.0654 e. The van der Waals surface area contributed by atoms with Gasteiger partial charge in [-0.3, -0.25) is 0 Å². The van der Waals surface area contributed by atoms with Crippen molar-refractivity contribution in [2.24, 2.45) is 5.73 Å². The highest BCUT2D eigenvalue weighted by Gasteiger charge is 2.30. The third-order valence-corrected chi connectivity index (χ3v) is 3.29. The van der Waals surface area contributed by atoms with Gasteiger partial charge in [0.1, 0.15) is 0 Å². The summed E-state index contributed by atoms with van der Waals surface area (Å²) in [6, 6.07) is 5.58. The predicted molar refractivity (Wildman–Crippen MR) is 65.9 cm³/mol. The lowest BCUT2D eigenvalue weighted by Gasteiger charge is -2.22. The highest BCUT2D eigenvalue weighted by Crippen LogP contribution is 2.32. The Morgan fingerprint density at radius 1 is 1.40 bits per heavy atom. The summed E-state index contributed by atoms with van der Waals surface area (Å²) in [7, 11) is 0. The second-order valence-corrected chi connectivity index (χ2v) is 5.26. The summed E-state index contributed by atoms with van der Waals surface area (Å²) in [5, 5.41) is 1.36. The number of anilines is 1. The lowest BCUT2D eigenvalue weighted by atomic mass is 10.0. The molecule has 0 saturated carbocycles. The van der Waals surface area contributed by atoms with E-state index >= 15 is 0 Å². The Morgan fingerprint density at radius 3 is 2.67 bits per heavy atom. The Morgan fingerprint density at radius 2 is 2.13 bits per heavy atom. The molecule has 2 N–H and O–H groups in total. The van der Waals surface area contributed by atoms with Gasteiger partial charge in [-0.25, -0.2) is 0 Å². The largest absolute Gasteiger partial charge is 0.368 e. The molecule has 0 bridgehead atoms. The van der Waals surface area contributed by atoms with Gasteiger partial charge < -0.3 is 10.6 Å². The molecule has 1 aromatic carbocycles. The van der Waals surface area contributed by atoms with E-state index in [0.717, 1.165) is 25.2 Å². The molecule has 1 unspecified atom stereocenters. The quantitative estimate of drug-likeness (QED) is 0.824. The molecule has 2 nitrogen and oxygen atoms in total. The van der Waals surface area contributed by atoms with Crippen LogP contribution in [0.1, 0.15) is 13.3 Å². The average molecular weight is 245 g/mol. The molecule has 1 fully saturated rings. The van der Waals surface area contributed by atoms with Crippen LogP contribution in [0.5, 0.6) is 0 Å². The molecular formula is C11H14Cl2N2. The summed E-state index contributed by atoms with van der Waals surface area (Å²) in [5.74, 6) is 0. The normalized spacial score (nSPS) is 26.0. The first-order valence-electron chi connectivity index (χ1n) is 4.97. The Bertz CT molecular complexity index is 377. The molecule has 1 heterocycles. The zero-order valence-corrected chi connectivity index (χ0v) is 10.1. The molecule has 0 amide bonds. The van der Waals surface area contributed by atoms with Crippen LogP contribution < -0.4 is 10.6 Å². The van der Waals surface area contributed by atoms with Crippen LogP contribution in [0.15, 0.2) is 18.2 Å². The van der Waals surface area contributed by atoms with Crippen molar-refractivity contribution in [3.05, 3.63) is 28.2 Å². The number of hydrogen-bond donors (Lipinski definition) is 1. The number of hydrogen-bond acceptors (Lipinski definition) is 2. The van der Waals surface area contributed by atoms with E-state index in [4.69, 9.17) is 28.9 Å². The van der Waals surface area contributed by atoms with Crippen molar-refractivity contribution >= 4 is 28.9 Å². The van der Waals surface area contributed by atoms with E-state index in [2.05, 4.69) is 11.8 Å². The van der Waals surface area contributed by atoms with Crippen LogP contribution in [0.3, 0.4) is 0 Å². The molecule has 82 valence electrons. The zero-order valence-electron chi connectivity index (χ0n) is 8.63. The molecule has 1 aliphatic rings. The van der Waals surface area contributed by atoms with Gasteiger partial charge in [0, 0.05) is 23.7 Å². The van der Waals surface area contributed by atoms with E-state index in [0.29, 0.717) is 10.0 Å². The Kier molecular flexibility index (Phi) is 2.84. The second-order valence-electron chi connectivity index (χ2n) is 4.42. The highest BCUT2D eigenvalue weighted by molar-refractivity contribution is 6.36. The molecule has 0 aliphatic carbocycles. The summed E-state index contributed by atoms with van der Waals surface area (Å²) >= 11 is 12.0. The van der Waals surface area contributed by atoms with Gasteiger partial charge in [0.15, 0.2) is 0 Å². The molecule has 1 aliphatic heterocycles. The molecule has 0 radical (unpaired) electrons. The minimum Gasteiger partial charge on any atom is -0.368 e. The van der Waals surface area contributed by atoms with Crippen molar-refractivity contribution in [1.29, 1.82) is 0 Å². The molecule has 15 heavy (non-hydrogen) atoms. The number of rotatable bonds is 1. The molecular weight excluding hydrogens is 231 g/mol. The van der Waals surface area contributed by atoms with Crippen molar-refractivity contribution in [1.82, 2.24) is 0 Å². The number of nitrogens with zero attached hydrogens (tertiary/aromatic N) is 1. The Hall–Kier alpha value is -0.440. The summed E-state index contributed by atoms with van der Waals surface area (Å²) < 4.78 is 0. The van der Waals surface area contributed by atoms with Gasteiger partial charge >= 0.3 is 0 Å². The van der Waals surface area contributed by atoms with Gasteiger partial charge in [0.05, 0.1) is 10.7 Å². The molecule has 0 aromatic heterocycles. The van der Waals surface area contributed by atoms with E-state index in [1.165, 1.54) is 0 Å². The number of nitrogens with two attached hydrogens (primary N) is 1. The maximum absolute atomic E-state index is 6.14. The number of halogens is 2. The van der Waals surface area contributed by atoms with E-state index in [9.17, 15) is 0 Å². The first-order valence-corrected chi connectivity index (χ1v) is 5.72. The molecule has 4 heteroatoms. The van der Waals surface area contributed by atoms with Crippen LogP contribution in [0, 0.1) is 0 Å². The van der Waals surface area contributed by atoms with E-state index in [1.807, 2.05) is 12.1 Å². The van der Waals surface area contributed by atoms with Gasteiger partial charge in [-0.05, 0) is 31.5 Å². The van der Waals surface area contributed by atoms with Crippen LogP contribution in [0.4, 0.5) is 5.69 Å². The van der Waals surface area contributed by atoms with Crippen LogP contribution in [-0.2, 0) is 0 Å². The topological polar surface area (TPSA) is 29.3 Å². The average Bonchev–Trinajstić information content (AvgIpc) is 2.46. The van der Waals surface area contributed by atoms with Gasteiger partial charge in [-0.2, -0.15) is 0 Å².